The molecule has 0 aromatic heterocycles. The van der Waals surface area contributed by atoms with Gasteiger partial charge in [-0.15, -0.1) is 0 Å². The van der Waals surface area contributed by atoms with Crippen molar-refractivity contribution in [2.24, 2.45) is 0 Å². The maximum absolute atomic E-state index is 10.8. The van der Waals surface area contributed by atoms with Crippen molar-refractivity contribution in [3.8, 4) is 0 Å². The number of hydrogen-bond acceptors (Lipinski definition) is 2. The summed E-state index contributed by atoms with van der Waals surface area (Å²) >= 11 is 6.77. The van der Waals surface area contributed by atoms with Crippen LogP contribution >= 0.6 is 31.9 Å². The zero-order valence-electron chi connectivity index (χ0n) is 9.86. The monoisotopic (exact) mass is 383 g/mol. The Morgan fingerprint density at radius 1 is 1.11 bits per heavy atom. The molecule has 2 rings (SSSR count). The highest BCUT2D eigenvalue weighted by Gasteiger charge is 2.06. The molecule has 0 bridgehead atoms. The van der Waals surface area contributed by atoms with Crippen LogP contribution in [0.1, 0.15) is 15.9 Å². The number of hydrogen-bond donors (Lipinski definition) is 2. The van der Waals surface area contributed by atoms with Crippen molar-refractivity contribution in [3.05, 3.63) is 62.5 Å². The number of carboxylic acids is 1. The van der Waals surface area contributed by atoms with Crippen LogP contribution in [0.15, 0.2) is 51.4 Å². The molecule has 0 unspecified atom stereocenters. The Morgan fingerprint density at radius 2 is 1.79 bits per heavy atom. The molecule has 98 valence electrons. The Bertz CT molecular complexity index is 597. The zero-order chi connectivity index (χ0) is 13.8. The highest BCUT2D eigenvalue weighted by Crippen LogP contribution is 2.21. The van der Waals surface area contributed by atoms with Crippen LogP contribution in [0.3, 0.4) is 0 Å². The second kappa shape index (κ2) is 6.21. The van der Waals surface area contributed by atoms with Crippen molar-refractivity contribution in [1.82, 2.24) is 0 Å². The summed E-state index contributed by atoms with van der Waals surface area (Å²) in [6.45, 7) is 0.627. The van der Waals surface area contributed by atoms with Crippen LogP contribution in [-0.4, -0.2) is 11.1 Å². The molecular formula is C14H11Br2NO2. The average Bonchev–Trinajstić information content (AvgIpc) is 2.39. The van der Waals surface area contributed by atoms with E-state index in [1.54, 1.807) is 18.2 Å². The van der Waals surface area contributed by atoms with E-state index in [4.69, 9.17) is 5.11 Å². The minimum atomic E-state index is -0.923. The third-order valence-corrected chi connectivity index (χ3v) is 3.89. The summed E-state index contributed by atoms with van der Waals surface area (Å²) in [5.41, 5.74) is 2.30. The lowest BCUT2D eigenvalue weighted by Crippen LogP contribution is -2.02. The van der Waals surface area contributed by atoms with E-state index >= 15 is 0 Å². The van der Waals surface area contributed by atoms with E-state index in [0.29, 0.717) is 6.54 Å². The molecule has 0 aliphatic carbocycles. The van der Waals surface area contributed by atoms with Crippen molar-refractivity contribution in [1.29, 1.82) is 0 Å². The van der Waals surface area contributed by atoms with E-state index in [1.165, 1.54) is 0 Å². The maximum atomic E-state index is 10.8. The van der Waals surface area contributed by atoms with Crippen LogP contribution < -0.4 is 5.32 Å². The molecule has 0 saturated carbocycles. The standard InChI is InChI=1S/C14H11Br2NO2/c15-11-3-5-12(6-4-11)17-8-10-2-1-9(14(18)19)7-13(10)16/h1-7,17H,8H2,(H,18,19). The van der Waals surface area contributed by atoms with Gasteiger partial charge in [0.05, 0.1) is 5.56 Å². The fraction of sp³-hybridized carbons (Fsp3) is 0.0714. The van der Waals surface area contributed by atoms with Crippen molar-refractivity contribution >= 4 is 43.5 Å². The Balaban J connectivity index is 2.07. The SMILES string of the molecule is O=C(O)c1ccc(CNc2ccc(Br)cc2)c(Br)c1. The molecule has 0 radical (unpaired) electrons. The predicted molar refractivity (Wildman–Crippen MR) is 82.6 cm³/mol. The van der Waals surface area contributed by atoms with Crippen LogP contribution in [0.25, 0.3) is 0 Å². The lowest BCUT2D eigenvalue weighted by atomic mass is 10.1. The zero-order valence-corrected chi connectivity index (χ0v) is 13.0. The van der Waals surface area contributed by atoms with Crippen molar-refractivity contribution < 1.29 is 9.90 Å². The van der Waals surface area contributed by atoms with Gasteiger partial charge < -0.3 is 10.4 Å². The fourth-order valence-electron chi connectivity index (χ4n) is 1.59. The molecule has 0 aliphatic rings. The van der Waals surface area contributed by atoms with Gasteiger partial charge in [-0.25, -0.2) is 4.79 Å². The van der Waals surface area contributed by atoms with Crippen molar-refractivity contribution in [2.45, 2.75) is 6.54 Å². The summed E-state index contributed by atoms with van der Waals surface area (Å²) in [6, 6.07) is 12.9. The van der Waals surface area contributed by atoms with Crippen LogP contribution in [0.2, 0.25) is 0 Å². The molecule has 2 aromatic carbocycles. The van der Waals surface area contributed by atoms with Gasteiger partial charge in [0.15, 0.2) is 0 Å². The lowest BCUT2D eigenvalue weighted by Gasteiger charge is -2.09. The normalized spacial score (nSPS) is 10.2. The molecule has 2 aromatic rings. The van der Waals surface area contributed by atoms with Gasteiger partial charge in [0.1, 0.15) is 0 Å². The second-order valence-electron chi connectivity index (χ2n) is 3.97. The number of nitrogens with one attached hydrogen (secondary N) is 1. The molecule has 0 atom stereocenters. The lowest BCUT2D eigenvalue weighted by molar-refractivity contribution is 0.0697. The highest BCUT2D eigenvalue weighted by atomic mass is 79.9. The molecule has 2 N–H and O–H groups in total. The summed E-state index contributed by atoms with van der Waals surface area (Å²) in [4.78, 5) is 10.8. The predicted octanol–water partition coefficient (Wildman–Crippen LogP) is 4.52. The summed E-state index contributed by atoms with van der Waals surface area (Å²) in [5.74, 6) is -0.923. The van der Waals surface area contributed by atoms with E-state index < -0.39 is 5.97 Å². The third-order valence-electron chi connectivity index (χ3n) is 2.63. The molecule has 0 spiro atoms. The number of rotatable bonds is 4. The summed E-state index contributed by atoms with van der Waals surface area (Å²) in [5, 5.41) is 12.2. The van der Waals surface area contributed by atoms with Gasteiger partial charge in [0.25, 0.3) is 0 Å². The maximum Gasteiger partial charge on any atom is 0.335 e. The van der Waals surface area contributed by atoms with Crippen LogP contribution in [0.4, 0.5) is 5.69 Å². The minimum Gasteiger partial charge on any atom is -0.478 e. The molecule has 0 saturated heterocycles. The molecule has 0 aliphatic heterocycles. The summed E-state index contributed by atoms with van der Waals surface area (Å²) in [7, 11) is 0. The topological polar surface area (TPSA) is 49.3 Å². The number of carbonyl (C=O) groups is 1. The smallest absolute Gasteiger partial charge is 0.335 e. The Kier molecular flexibility index (Phi) is 4.61. The van der Waals surface area contributed by atoms with Gasteiger partial charge >= 0.3 is 5.97 Å². The van der Waals surface area contributed by atoms with Gasteiger partial charge in [-0.2, -0.15) is 0 Å². The highest BCUT2D eigenvalue weighted by molar-refractivity contribution is 9.10. The van der Waals surface area contributed by atoms with Crippen molar-refractivity contribution in [3.63, 3.8) is 0 Å². The first-order valence-electron chi connectivity index (χ1n) is 5.57. The Hall–Kier alpha value is -1.33. The summed E-state index contributed by atoms with van der Waals surface area (Å²) in [6.07, 6.45) is 0. The van der Waals surface area contributed by atoms with Gasteiger partial charge in [0, 0.05) is 21.2 Å². The molecule has 0 fully saturated rings. The quantitative estimate of drug-likeness (QED) is 0.814. The van der Waals surface area contributed by atoms with E-state index in [9.17, 15) is 4.79 Å². The van der Waals surface area contributed by atoms with Gasteiger partial charge in [-0.3, -0.25) is 0 Å². The Labute approximate surface area is 127 Å². The molecule has 5 heteroatoms. The summed E-state index contributed by atoms with van der Waals surface area (Å²) < 4.78 is 1.82. The van der Waals surface area contributed by atoms with E-state index in [0.717, 1.165) is 20.2 Å². The van der Waals surface area contributed by atoms with Gasteiger partial charge in [0.2, 0.25) is 0 Å². The van der Waals surface area contributed by atoms with Crippen LogP contribution in [0.5, 0.6) is 0 Å². The third kappa shape index (κ3) is 3.81. The van der Waals surface area contributed by atoms with Crippen molar-refractivity contribution in [2.75, 3.05) is 5.32 Å². The van der Waals surface area contributed by atoms with E-state index in [-0.39, 0.29) is 5.56 Å². The van der Waals surface area contributed by atoms with E-state index in [1.807, 2.05) is 24.3 Å². The first-order valence-corrected chi connectivity index (χ1v) is 7.16. The molecule has 19 heavy (non-hydrogen) atoms. The first-order chi connectivity index (χ1) is 9.06. The average molecular weight is 385 g/mol. The number of benzene rings is 2. The number of carboxylic acid groups (broad SMARTS) is 1. The van der Waals surface area contributed by atoms with E-state index in [2.05, 4.69) is 37.2 Å². The number of halogens is 2. The minimum absolute atomic E-state index is 0.277. The molecule has 0 amide bonds. The largest absolute Gasteiger partial charge is 0.478 e. The number of aromatic carboxylic acids is 1. The molecule has 3 nitrogen and oxygen atoms in total. The molecular weight excluding hydrogens is 374 g/mol. The second-order valence-corrected chi connectivity index (χ2v) is 5.74. The molecule has 0 heterocycles. The van der Waals surface area contributed by atoms with Gasteiger partial charge in [-0.05, 0) is 42.0 Å². The first kappa shape index (κ1) is 14.1. The van der Waals surface area contributed by atoms with Crippen LogP contribution in [-0.2, 0) is 6.54 Å². The fourth-order valence-corrected chi connectivity index (χ4v) is 2.37. The number of anilines is 1. The Morgan fingerprint density at radius 3 is 2.37 bits per heavy atom. The van der Waals surface area contributed by atoms with Gasteiger partial charge in [-0.1, -0.05) is 37.9 Å². The van der Waals surface area contributed by atoms with Crippen LogP contribution in [0, 0.1) is 0 Å².